The van der Waals surface area contributed by atoms with Crippen LogP contribution in [0.1, 0.15) is 35.0 Å². The lowest BCUT2D eigenvalue weighted by Gasteiger charge is -2.20. The molecule has 2 aromatic heterocycles. The lowest BCUT2D eigenvalue weighted by atomic mass is 10.0. The molecule has 0 aliphatic carbocycles. The summed E-state index contributed by atoms with van der Waals surface area (Å²) in [4.78, 5) is 32.7. The van der Waals surface area contributed by atoms with Gasteiger partial charge in [0, 0.05) is 24.0 Å². The Balaban J connectivity index is 1.62. The molecular weight excluding hydrogens is 456 g/mol. The third-order valence-electron chi connectivity index (χ3n) is 5.57. The second kappa shape index (κ2) is 11.0. The van der Waals surface area contributed by atoms with Gasteiger partial charge in [-0.3, -0.25) is 19.5 Å². The highest BCUT2D eigenvalue weighted by molar-refractivity contribution is 7.12. The van der Waals surface area contributed by atoms with Crippen LogP contribution in [-0.4, -0.2) is 39.4 Å². The van der Waals surface area contributed by atoms with Gasteiger partial charge in [-0.05, 0) is 35.1 Å². The Labute approximate surface area is 209 Å². The second-order valence-electron chi connectivity index (χ2n) is 8.43. The maximum Gasteiger partial charge on any atom is 0.264 e. The highest BCUT2D eigenvalue weighted by Crippen LogP contribution is 2.25. The third kappa shape index (κ3) is 5.75. The SMILES string of the molecule is C=CCN(CC(=O)Nc1nc(-c2ccccc2)cn1-c1ccc(C(C)C)cc1)C(=O)c1cccs1. The predicted octanol–water partition coefficient (Wildman–Crippen LogP) is 5.99. The predicted molar refractivity (Wildman–Crippen MR) is 142 cm³/mol. The van der Waals surface area contributed by atoms with Crippen LogP contribution in [-0.2, 0) is 4.79 Å². The molecule has 2 amide bonds. The molecule has 178 valence electrons. The van der Waals surface area contributed by atoms with Crippen molar-refractivity contribution in [3.05, 3.63) is 101 Å². The van der Waals surface area contributed by atoms with Gasteiger partial charge in [0.1, 0.15) is 6.54 Å². The number of rotatable bonds is 9. The average molecular weight is 485 g/mol. The molecule has 7 heteroatoms. The summed E-state index contributed by atoms with van der Waals surface area (Å²) in [6, 6.07) is 21.6. The number of benzene rings is 2. The zero-order valence-electron chi connectivity index (χ0n) is 19.8. The molecule has 0 saturated carbocycles. The minimum absolute atomic E-state index is 0.109. The van der Waals surface area contributed by atoms with Crippen molar-refractivity contribution in [3.8, 4) is 16.9 Å². The Morgan fingerprint density at radius 1 is 1.09 bits per heavy atom. The summed E-state index contributed by atoms with van der Waals surface area (Å²) in [5.74, 6) is 0.283. The molecule has 0 saturated heterocycles. The molecule has 0 unspecified atom stereocenters. The van der Waals surface area contributed by atoms with Crippen molar-refractivity contribution in [2.24, 2.45) is 0 Å². The summed E-state index contributed by atoms with van der Waals surface area (Å²) in [5.41, 5.74) is 3.81. The fourth-order valence-electron chi connectivity index (χ4n) is 3.70. The Morgan fingerprint density at radius 2 is 1.83 bits per heavy atom. The van der Waals surface area contributed by atoms with Crippen LogP contribution in [0.25, 0.3) is 16.9 Å². The van der Waals surface area contributed by atoms with Gasteiger partial charge in [0.25, 0.3) is 5.91 Å². The first-order valence-electron chi connectivity index (χ1n) is 11.4. The van der Waals surface area contributed by atoms with Gasteiger partial charge in [-0.25, -0.2) is 4.98 Å². The van der Waals surface area contributed by atoms with Gasteiger partial charge in [0.05, 0.1) is 10.6 Å². The number of carbonyl (C=O) groups excluding carboxylic acids is 2. The van der Waals surface area contributed by atoms with E-state index in [0.717, 1.165) is 16.9 Å². The van der Waals surface area contributed by atoms with Crippen LogP contribution >= 0.6 is 11.3 Å². The van der Waals surface area contributed by atoms with Gasteiger partial charge >= 0.3 is 0 Å². The molecule has 4 rings (SSSR count). The Morgan fingerprint density at radius 3 is 2.46 bits per heavy atom. The van der Waals surface area contributed by atoms with Gasteiger partial charge < -0.3 is 4.90 Å². The van der Waals surface area contributed by atoms with Crippen molar-refractivity contribution in [2.45, 2.75) is 19.8 Å². The Hall–Kier alpha value is -3.97. The van der Waals surface area contributed by atoms with E-state index >= 15 is 0 Å². The number of thiophene rings is 1. The molecule has 2 aromatic carbocycles. The molecule has 0 aliphatic rings. The number of hydrogen-bond donors (Lipinski definition) is 1. The number of amides is 2. The topological polar surface area (TPSA) is 67.2 Å². The van der Waals surface area contributed by atoms with Gasteiger partial charge in [-0.15, -0.1) is 17.9 Å². The van der Waals surface area contributed by atoms with Crippen molar-refractivity contribution in [1.82, 2.24) is 14.5 Å². The van der Waals surface area contributed by atoms with Crippen LogP contribution in [0.4, 0.5) is 5.95 Å². The first-order chi connectivity index (χ1) is 17.0. The van der Waals surface area contributed by atoms with Crippen LogP contribution in [0.5, 0.6) is 0 Å². The fraction of sp³-hybridized carbons (Fsp3) is 0.179. The number of nitrogens with one attached hydrogen (secondary N) is 1. The van der Waals surface area contributed by atoms with Crippen molar-refractivity contribution in [3.63, 3.8) is 0 Å². The van der Waals surface area contributed by atoms with E-state index in [-0.39, 0.29) is 24.9 Å². The first kappa shape index (κ1) is 24.2. The van der Waals surface area contributed by atoms with Crippen molar-refractivity contribution < 1.29 is 9.59 Å². The molecule has 0 aliphatic heterocycles. The third-order valence-corrected chi connectivity index (χ3v) is 6.43. The van der Waals surface area contributed by atoms with Gasteiger partial charge in [0.2, 0.25) is 11.9 Å². The summed E-state index contributed by atoms with van der Waals surface area (Å²) < 4.78 is 1.86. The molecule has 0 spiro atoms. The van der Waals surface area contributed by atoms with Gasteiger partial charge in [-0.2, -0.15) is 0 Å². The zero-order chi connectivity index (χ0) is 24.8. The quantitative estimate of drug-likeness (QED) is 0.297. The largest absolute Gasteiger partial charge is 0.325 e. The van der Waals surface area contributed by atoms with Gasteiger partial charge in [0.15, 0.2) is 0 Å². The average Bonchev–Trinajstić information content (AvgIpc) is 3.55. The minimum atomic E-state index is -0.331. The maximum atomic E-state index is 13.1. The number of imidazole rings is 1. The van der Waals surface area contributed by atoms with E-state index in [9.17, 15) is 9.59 Å². The molecule has 0 bridgehead atoms. The van der Waals surface area contributed by atoms with E-state index in [2.05, 4.69) is 37.9 Å². The van der Waals surface area contributed by atoms with Crippen molar-refractivity contribution in [2.75, 3.05) is 18.4 Å². The van der Waals surface area contributed by atoms with E-state index in [1.165, 1.54) is 21.8 Å². The van der Waals surface area contributed by atoms with E-state index < -0.39 is 0 Å². The van der Waals surface area contributed by atoms with Crippen molar-refractivity contribution >= 4 is 29.1 Å². The molecule has 35 heavy (non-hydrogen) atoms. The minimum Gasteiger partial charge on any atom is -0.325 e. The maximum absolute atomic E-state index is 13.1. The fourth-order valence-corrected chi connectivity index (χ4v) is 4.39. The zero-order valence-corrected chi connectivity index (χ0v) is 20.7. The molecule has 0 atom stereocenters. The molecule has 0 fully saturated rings. The van der Waals surface area contributed by atoms with E-state index in [4.69, 9.17) is 4.98 Å². The lowest BCUT2D eigenvalue weighted by molar-refractivity contribution is -0.116. The highest BCUT2D eigenvalue weighted by Gasteiger charge is 2.20. The standard InChI is InChI=1S/C28H28N4O2S/c1-4-16-31(27(34)25-11-8-17-35-25)19-26(33)30-28-29-24(22-9-6-5-7-10-22)18-32(28)23-14-12-21(13-15-23)20(2)3/h4-15,17-18,20H,1,16,19H2,2-3H3,(H,29,30,33). The summed E-state index contributed by atoms with van der Waals surface area (Å²) in [6.45, 7) is 8.19. The Bertz CT molecular complexity index is 1290. The van der Waals surface area contributed by atoms with E-state index in [0.29, 0.717) is 16.7 Å². The highest BCUT2D eigenvalue weighted by atomic mass is 32.1. The lowest BCUT2D eigenvalue weighted by Crippen LogP contribution is -2.38. The summed E-state index contributed by atoms with van der Waals surface area (Å²) in [6.07, 6.45) is 3.52. The first-order valence-corrected chi connectivity index (χ1v) is 12.3. The Kier molecular flexibility index (Phi) is 7.57. The monoisotopic (exact) mass is 484 g/mol. The summed E-state index contributed by atoms with van der Waals surface area (Å²) >= 11 is 1.35. The number of carbonyl (C=O) groups is 2. The molecule has 4 aromatic rings. The summed E-state index contributed by atoms with van der Waals surface area (Å²) in [7, 11) is 0. The van der Waals surface area contributed by atoms with E-state index in [1.54, 1.807) is 12.1 Å². The number of nitrogens with zero attached hydrogens (tertiary/aromatic N) is 3. The van der Waals surface area contributed by atoms with Crippen LogP contribution in [0, 0.1) is 0 Å². The van der Waals surface area contributed by atoms with Crippen LogP contribution in [0.2, 0.25) is 0 Å². The second-order valence-corrected chi connectivity index (χ2v) is 9.38. The molecule has 0 radical (unpaired) electrons. The number of hydrogen-bond acceptors (Lipinski definition) is 4. The number of aromatic nitrogens is 2. The van der Waals surface area contributed by atoms with Crippen LogP contribution in [0.15, 0.2) is 91.0 Å². The van der Waals surface area contributed by atoms with Crippen LogP contribution in [0.3, 0.4) is 0 Å². The molecular formula is C28H28N4O2S. The van der Waals surface area contributed by atoms with Crippen LogP contribution < -0.4 is 5.32 Å². The van der Waals surface area contributed by atoms with Crippen molar-refractivity contribution in [1.29, 1.82) is 0 Å². The molecule has 2 heterocycles. The van der Waals surface area contributed by atoms with E-state index in [1.807, 2.05) is 64.7 Å². The normalized spacial score (nSPS) is 10.8. The molecule has 1 N–H and O–H groups in total. The van der Waals surface area contributed by atoms with Gasteiger partial charge in [-0.1, -0.05) is 68.5 Å². The summed E-state index contributed by atoms with van der Waals surface area (Å²) in [5, 5.41) is 4.75. The molecule has 6 nitrogen and oxygen atoms in total. The number of anilines is 1. The smallest absolute Gasteiger partial charge is 0.264 e.